The topological polar surface area (TPSA) is 24.4 Å². The van der Waals surface area contributed by atoms with Gasteiger partial charge in [0.05, 0.1) is 10.4 Å². The standard InChI is InChI=1S/C5H10N2S.C2H6/c1-3-5-7-6-4(2)8-5;1-2/h5,7H,3H2,1-2H3;1-2H3. The van der Waals surface area contributed by atoms with E-state index in [0.29, 0.717) is 5.37 Å². The second kappa shape index (κ2) is 5.59. The fraction of sp³-hybridized carbons (Fsp3) is 0.857. The van der Waals surface area contributed by atoms with E-state index in [-0.39, 0.29) is 0 Å². The molecule has 1 N–H and O–H groups in total. The molecule has 10 heavy (non-hydrogen) atoms. The third kappa shape index (κ3) is 3.11. The number of hydrogen-bond donors (Lipinski definition) is 1. The highest BCUT2D eigenvalue weighted by molar-refractivity contribution is 8.14. The minimum Gasteiger partial charge on any atom is -0.296 e. The van der Waals surface area contributed by atoms with E-state index in [1.807, 2.05) is 20.8 Å². The number of rotatable bonds is 1. The van der Waals surface area contributed by atoms with Gasteiger partial charge in [-0.05, 0) is 13.3 Å². The van der Waals surface area contributed by atoms with Crippen LogP contribution < -0.4 is 5.43 Å². The minimum atomic E-state index is 0.537. The predicted octanol–water partition coefficient (Wildman–Crippen LogP) is 2.42. The van der Waals surface area contributed by atoms with Gasteiger partial charge in [0.1, 0.15) is 0 Å². The van der Waals surface area contributed by atoms with Crippen molar-refractivity contribution in [1.29, 1.82) is 0 Å². The van der Waals surface area contributed by atoms with Crippen LogP contribution in [-0.4, -0.2) is 10.4 Å². The van der Waals surface area contributed by atoms with E-state index in [4.69, 9.17) is 0 Å². The van der Waals surface area contributed by atoms with Gasteiger partial charge in [0.15, 0.2) is 0 Å². The minimum absolute atomic E-state index is 0.537. The summed E-state index contributed by atoms with van der Waals surface area (Å²) in [6.07, 6.45) is 1.14. The molecule has 60 valence electrons. The second-order valence-electron chi connectivity index (χ2n) is 1.77. The van der Waals surface area contributed by atoms with E-state index in [2.05, 4.69) is 17.5 Å². The van der Waals surface area contributed by atoms with Crippen LogP contribution in [-0.2, 0) is 0 Å². The van der Waals surface area contributed by atoms with E-state index in [0.717, 1.165) is 11.5 Å². The maximum absolute atomic E-state index is 4.02. The summed E-state index contributed by atoms with van der Waals surface area (Å²) in [5.74, 6) is 0. The molecule has 0 spiro atoms. The van der Waals surface area contributed by atoms with Gasteiger partial charge < -0.3 is 0 Å². The van der Waals surface area contributed by atoms with Crippen molar-refractivity contribution in [2.75, 3.05) is 0 Å². The molecule has 1 heterocycles. The van der Waals surface area contributed by atoms with Crippen LogP contribution in [0.2, 0.25) is 0 Å². The van der Waals surface area contributed by atoms with Gasteiger partial charge in [-0.15, -0.1) is 0 Å². The molecule has 3 heteroatoms. The first-order valence-electron chi connectivity index (χ1n) is 3.79. The lowest BCUT2D eigenvalue weighted by Gasteiger charge is -2.01. The van der Waals surface area contributed by atoms with Crippen molar-refractivity contribution in [3.05, 3.63) is 0 Å². The van der Waals surface area contributed by atoms with E-state index in [1.54, 1.807) is 11.8 Å². The number of thioether (sulfide) groups is 1. The Morgan fingerprint density at radius 3 is 2.40 bits per heavy atom. The quantitative estimate of drug-likeness (QED) is 0.637. The van der Waals surface area contributed by atoms with Gasteiger partial charge in [-0.25, -0.2) is 0 Å². The molecule has 0 saturated heterocycles. The Hall–Kier alpha value is -0.180. The molecular weight excluding hydrogens is 144 g/mol. The summed E-state index contributed by atoms with van der Waals surface area (Å²) in [5.41, 5.74) is 3.01. The normalized spacial score (nSPS) is 22.4. The number of hydrogen-bond acceptors (Lipinski definition) is 3. The van der Waals surface area contributed by atoms with Crippen LogP contribution in [0.3, 0.4) is 0 Å². The third-order valence-corrected chi connectivity index (χ3v) is 2.21. The lowest BCUT2D eigenvalue weighted by molar-refractivity contribution is 0.683. The fourth-order valence-electron chi connectivity index (χ4n) is 0.596. The largest absolute Gasteiger partial charge is 0.296 e. The first kappa shape index (κ1) is 9.82. The molecule has 0 saturated carbocycles. The molecule has 1 atom stereocenters. The number of nitrogens with one attached hydrogen (secondary N) is 1. The van der Waals surface area contributed by atoms with Crippen LogP contribution in [0.25, 0.3) is 0 Å². The zero-order chi connectivity index (χ0) is 7.98. The first-order valence-corrected chi connectivity index (χ1v) is 4.67. The molecule has 0 aliphatic carbocycles. The van der Waals surface area contributed by atoms with Crippen molar-refractivity contribution in [2.45, 2.75) is 39.5 Å². The Labute approximate surface area is 67.5 Å². The van der Waals surface area contributed by atoms with Crippen molar-refractivity contribution in [2.24, 2.45) is 5.10 Å². The lowest BCUT2D eigenvalue weighted by Crippen LogP contribution is -2.13. The average Bonchev–Trinajstić information content (AvgIpc) is 2.40. The van der Waals surface area contributed by atoms with Crippen molar-refractivity contribution in [1.82, 2.24) is 5.43 Å². The maximum Gasteiger partial charge on any atom is 0.0947 e. The van der Waals surface area contributed by atoms with Gasteiger partial charge in [-0.3, -0.25) is 5.43 Å². The highest BCUT2D eigenvalue weighted by Gasteiger charge is 2.11. The predicted molar refractivity (Wildman–Crippen MR) is 49.3 cm³/mol. The zero-order valence-electron chi connectivity index (χ0n) is 7.14. The van der Waals surface area contributed by atoms with E-state index < -0.39 is 0 Å². The van der Waals surface area contributed by atoms with Crippen LogP contribution in [0.1, 0.15) is 34.1 Å². The van der Waals surface area contributed by atoms with Crippen LogP contribution in [0.4, 0.5) is 0 Å². The van der Waals surface area contributed by atoms with Crippen LogP contribution >= 0.6 is 11.8 Å². The number of hydrazone groups is 1. The van der Waals surface area contributed by atoms with Crippen molar-refractivity contribution in [3.8, 4) is 0 Å². The number of nitrogens with zero attached hydrogens (tertiary/aromatic N) is 1. The summed E-state index contributed by atoms with van der Waals surface area (Å²) in [6.45, 7) is 8.17. The summed E-state index contributed by atoms with van der Waals surface area (Å²) >= 11 is 1.80. The van der Waals surface area contributed by atoms with Crippen LogP contribution in [0.5, 0.6) is 0 Å². The monoisotopic (exact) mass is 160 g/mol. The third-order valence-electron chi connectivity index (χ3n) is 1.05. The fourth-order valence-corrected chi connectivity index (χ4v) is 1.39. The lowest BCUT2D eigenvalue weighted by atomic mass is 10.5. The smallest absolute Gasteiger partial charge is 0.0947 e. The van der Waals surface area contributed by atoms with E-state index in [1.165, 1.54) is 0 Å². The van der Waals surface area contributed by atoms with E-state index in [9.17, 15) is 0 Å². The SMILES string of the molecule is CC.CCC1NN=C(C)S1. The first-order chi connectivity index (χ1) is 4.83. The highest BCUT2D eigenvalue weighted by atomic mass is 32.2. The molecule has 0 aromatic heterocycles. The Bertz CT molecular complexity index is 112. The molecule has 0 bridgehead atoms. The van der Waals surface area contributed by atoms with Crippen LogP contribution in [0.15, 0.2) is 5.10 Å². The summed E-state index contributed by atoms with van der Waals surface area (Å²) in [5, 5.41) is 5.70. The zero-order valence-corrected chi connectivity index (χ0v) is 7.96. The molecule has 1 unspecified atom stereocenters. The Balaban J connectivity index is 0.000000371. The van der Waals surface area contributed by atoms with Gasteiger partial charge >= 0.3 is 0 Å². The molecule has 0 amide bonds. The van der Waals surface area contributed by atoms with Gasteiger partial charge in [0.25, 0.3) is 0 Å². The van der Waals surface area contributed by atoms with Crippen molar-refractivity contribution < 1.29 is 0 Å². The van der Waals surface area contributed by atoms with Gasteiger partial charge in [-0.1, -0.05) is 32.5 Å². The summed E-state index contributed by atoms with van der Waals surface area (Å²) < 4.78 is 0. The maximum atomic E-state index is 4.02. The second-order valence-corrected chi connectivity index (χ2v) is 3.17. The molecule has 1 rings (SSSR count). The summed E-state index contributed by atoms with van der Waals surface area (Å²) in [7, 11) is 0. The Morgan fingerprint density at radius 1 is 1.60 bits per heavy atom. The van der Waals surface area contributed by atoms with Gasteiger partial charge in [0, 0.05) is 0 Å². The molecule has 1 aliphatic heterocycles. The molecule has 1 aliphatic rings. The van der Waals surface area contributed by atoms with E-state index >= 15 is 0 Å². The Morgan fingerprint density at radius 2 is 2.20 bits per heavy atom. The molecule has 0 fully saturated rings. The molecule has 0 aromatic carbocycles. The highest BCUT2D eigenvalue weighted by Crippen LogP contribution is 2.18. The summed E-state index contributed by atoms with van der Waals surface area (Å²) in [4.78, 5) is 0. The van der Waals surface area contributed by atoms with Crippen LogP contribution in [0, 0.1) is 0 Å². The molecule has 0 radical (unpaired) electrons. The average molecular weight is 160 g/mol. The Kier molecular flexibility index (Phi) is 5.49. The van der Waals surface area contributed by atoms with Gasteiger partial charge in [-0.2, -0.15) is 5.10 Å². The van der Waals surface area contributed by atoms with Crippen molar-refractivity contribution in [3.63, 3.8) is 0 Å². The summed E-state index contributed by atoms with van der Waals surface area (Å²) in [6, 6.07) is 0. The van der Waals surface area contributed by atoms with Gasteiger partial charge in [0.2, 0.25) is 0 Å². The molecule has 0 aromatic rings. The molecular formula is C7H16N2S. The molecule has 2 nitrogen and oxygen atoms in total. The van der Waals surface area contributed by atoms with Crippen molar-refractivity contribution >= 4 is 16.8 Å².